The van der Waals surface area contributed by atoms with Gasteiger partial charge >= 0.3 is 6.03 Å². The van der Waals surface area contributed by atoms with E-state index in [4.69, 9.17) is 4.74 Å². The van der Waals surface area contributed by atoms with Crippen LogP contribution in [0, 0.1) is 23.7 Å². The zero-order chi connectivity index (χ0) is 22.5. The Labute approximate surface area is 189 Å². The van der Waals surface area contributed by atoms with E-state index in [1.165, 1.54) is 31.4 Å². The van der Waals surface area contributed by atoms with Crippen molar-refractivity contribution < 1.29 is 13.9 Å². The maximum Gasteiger partial charge on any atom is 0.319 e. The Hall–Kier alpha value is -2.63. The quantitative estimate of drug-likeness (QED) is 0.545. The fourth-order valence-electron chi connectivity index (χ4n) is 6.53. The monoisotopic (exact) mass is 436 g/mol. The number of para-hydroxylation sites is 1. The highest BCUT2D eigenvalue weighted by molar-refractivity contribution is 5.91. The Morgan fingerprint density at radius 1 is 1.03 bits per heavy atom. The third-order valence-corrected chi connectivity index (χ3v) is 7.39. The molecule has 170 valence electrons. The van der Waals surface area contributed by atoms with E-state index in [-0.39, 0.29) is 22.9 Å². The molecule has 0 unspecified atom stereocenters. The van der Waals surface area contributed by atoms with E-state index in [2.05, 4.69) is 36.4 Å². The average molecular weight is 437 g/mol. The van der Waals surface area contributed by atoms with Crippen LogP contribution in [0.4, 0.5) is 14.9 Å². The minimum absolute atomic E-state index is 0.0577. The average Bonchev–Trinajstić information content (AvgIpc) is 2.68. The molecule has 0 saturated heterocycles. The second-order valence-electron chi connectivity index (χ2n) is 11.1. The maximum atomic E-state index is 14.0. The molecule has 0 atom stereocenters. The number of carbonyl (C=O) groups excluding carboxylic acids is 1. The first kappa shape index (κ1) is 21.2. The molecule has 4 aliphatic rings. The summed E-state index contributed by atoms with van der Waals surface area (Å²) >= 11 is 0. The van der Waals surface area contributed by atoms with Crippen LogP contribution in [0.15, 0.2) is 36.4 Å². The third kappa shape index (κ3) is 4.19. The number of benzene rings is 1. The first-order valence-corrected chi connectivity index (χ1v) is 11.7. The molecule has 1 aromatic heterocycles. The number of amides is 2. The van der Waals surface area contributed by atoms with E-state index in [1.54, 1.807) is 0 Å². The van der Waals surface area contributed by atoms with E-state index in [0.29, 0.717) is 11.4 Å². The molecule has 0 aliphatic heterocycles. The first-order valence-electron chi connectivity index (χ1n) is 11.7. The third-order valence-electron chi connectivity index (χ3n) is 7.39. The van der Waals surface area contributed by atoms with Gasteiger partial charge in [-0.05, 0) is 79.9 Å². The normalized spacial score (nSPS) is 28.4. The summed E-state index contributed by atoms with van der Waals surface area (Å²) in [6, 6.07) is 10.1. The van der Waals surface area contributed by atoms with Crippen LogP contribution >= 0.6 is 0 Å². The van der Waals surface area contributed by atoms with Gasteiger partial charge in [0.25, 0.3) is 0 Å². The van der Waals surface area contributed by atoms with Crippen LogP contribution in [-0.2, 0) is 5.41 Å². The molecule has 4 bridgehead atoms. The molecule has 2 N–H and O–H groups in total. The van der Waals surface area contributed by atoms with Gasteiger partial charge in [-0.25, -0.2) is 4.79 Å². The first-order chi connectivity index (χ1) is 15.2. The van der Waals surface area contributed by atoms with Gasteiger partial charge in [0.1, 0.15) is 11.4 Å². The van der Waals surface area contributed by atoms with Crippen LogP contribution in [0.1, 0.15) is 64.9 Å². The van der Waals surface area contributed by atoms with E-state index in [0.717, 1.165) is 42.6 Å². The van der Waals surface area contributed by atoms with Gasteiger partial charge in [0.15, 0.2) is 0 Å². The number of rotatable bonds is 4. The highest BCUT2D eigenvalue weighted by Crippen LogP contribution is 2.55. The van der Waals surface area contributed by atoms with Gasteiger partial charge in [-0.15, -0.1) is 0 Å². The fraction of sp³-hybridized carbons (Fsp3) is 0.538. The summed E-state index contributed by atoms with van der Waals surface area (Å²) in [7, 11) is 0. The molecule has 0 spiro atoms. The number of anilines is 1. The van der Waals surface area contributed by atoms with Gasteiger partial charge in [0.05, 0.1) is 0 Å². The number of hydrogen-bond acceptors (Lipinski definition) is 3. The Bertz CT molecular complexity index is 995. The lowest BCUT2D eigenvalue weighted by molar-refractivity contribution is -0.0127. The van der Waals surface area contributed by atoms with Crippen LogP contribution < -0.4 is 15.4 Å². The van der Waals surface area contributed by atoms with Crippen LogP contribution in [0.5, 0.6) is 11.6 Å². The number of pyridine rings is 1. The summed E-state index contributed by atoms with van der Waals surface area (Å²) in [5.41, 5.74) is 1.08. The molecule has 1 heterocycles. The van der Waals surface area contributed by atoms with Crippen molar-refractivity contribution in [3.8, 4) is 11.6 Å². The number of nitrogens with one attached hydrogen (secondary N) is 2. The minimum Gasteiger partial charge on any atom is -0.437 e. The van der Waals surface area contributed by atoms with Crippen molar-refractivity contribution in [3.63, 3.8) is 0 Å². The lowest BCUT2D eigenvalue weighted by atomic mass is 9.53. The molecule has 4 fully saturated rings. The van der Waals surface area contributed by atoms with Crippen LogP contribution in [0.3, 0.4) is 0 Å². The summed E-state index contributed by atoms with van der Waals surface area (Å²) in [6.45, 7) is 6.27. The van der Waals surface area contributed by atoms with E-state index in [9.17, 15) is 9.18 Å². The molecule has 5 nitrogen and oxygen atoms in total. The Balaban J connectivity index is 1.35. The number of ether oxygens (including phenoxy) is 1. The zero-order valence-corrected chi connectivity index (χ0v) is 19.1. The molecule has 4 aliphatic carbocycles. The van der Waals surface area contributed by atoms with Crippen LogP contribution in [0.2, 0.25) is 0 Å². The van der Waals surface area contributed by atoms with E-state index >= 15 is 0 Å². The van der Waals surface area contributed by atoms with Gasteiger partial charge in [-0.1, -0.05) is 39.0 Å². The van der Waals surface area contributed by atoms with Crippen molar-refractivity contribution in [3.05, 3.63) is 47.9 Å². The molecular weight excluding hydrogens is 404 g/mol. The van der Waals surface area contributed by atoms with Crippen molar-refractivity contribution in [2.24, 2.45) is 17.8 Å². The van der Waals surface area contributed by atoms with Crippen molar-refractivity contribution in [1.29, 1.82) is 0 Å². The molecule has 1 aromatic carbocycles. The molecule has 32 heavy (non-hydrogen) atoms. The minimum atomic E-state index is -0.653. The molecule has 2 amide bonds. The van der Waals surface area contributed by atoms with Gasteiger partial charge < -0.3 is 15.4 Å². The van der Waals surface area contributed by atoms with Crippen LogP contribution in [0.25, 0.3) is 0 Å². The smallest absolute Gasteiger partial charge is 0.319 e. The second kappa shape index (κ2) is 7.75. The molecule has 6 heteroatoms. The van der Waals surface area contributed by atoms with Gasteiger partial charge in [0.2, 0.25) is 11.8 Å². The van der Waals surface area contributed by atoms with Gasteiger partial charge in [-0.2, -0.15) is 9.37 Å². The van der Waals surface area contributed by atoms with Crippen molar-refractivity contribution in [1.82, 2.24) is 10.3 Å². The predicted molar refractivity (Wildman–Crippen MR) is 122 cm³/mol. The summed E-state index contributed by atoms with van der Waals surface area (Å²) < 4.78 is 20.0. The van der Waals surface area contributed by atoms with E-state index < -0.39 is 5.95 Å². The second-order valence-corrected chi connectivity index (χ2v) is 11.1. The van der Waals surface area contributed by atoms with E-state index in [1.807, 2.05) is 24.3 Å². The lowest BCUT2D eigenvalue weighted by Crippen LogP contribution is -2.60. The van der Waals surface area contributed by atoms with Crippen molar-refractivity contribution in [2.45, 2.75) is 70.3 Å². The highest BCUT2D eigenvalue weighted by Gasteiger charge is 2.51. The van der Waals surface area contributed by atoms with Crippen molar-refractivity contribution >= 4 is 11.7 Å². The highest BCUT2D eigenvalue weighted by atomic mass is 18.2. The Morgan fingerprint density at radius 2 is 1.66 bits per heavy atom. The van der Waals surface area contributed by atoms with Crippen molar-refractivity contribution in [2.75, 3.05) is 5.32 Å². The fourth-order valence-corrected chi connectivity index (χ4v) is 6.53. The predicted octanol–water partition coefficient (Wildman–Crippen LogP) is 6.40. The van der Waals surface area contributed by atoms with Gasteiger partial charge in [-0.3, -0.25) is 0 Å². The topological polar surface area (TPSA) is 63.2 Å². The Kier molecular flexibility index (Phi) is 5.14. The summed E-state index contributed by atoms with van der Waals surface area (Å²) in [5.74, 6) is 2.22. The number of halogens is 1. The number of nitrogens with zero attached hydrogens (tertiary/aromatic N) is 1. The number of aromatic nitrogens is 1. The largest absolute Gasteiger partial charge is 0.437 e. The standard InChI is InChI=1S/C26H32FN3O2/c1-25(2,3)19-6-4-5-7-21(19)32-23-20(8-9-22(27)29-23)28-24(31)30-26-13-16-10-17(14-26)12-18(11-16)15-26/h4-9,16-18H,10-15H2,1-3H3,(H2,28,30,31)/i27-1. The molecule has 0 radical (unpaired) electrons. The zero-order valence-electron chi connectivity index (χ0n) is 19.1. The lowest BCUT2D eigenvalue weighted by Gasteiger charge is -2.56. The number of carbonyl (C=O) groups is 1. The summed E-state index contributed by atoms with van der Waals surface area (Å²) in [6.07, 6.45) is 7.14. The van der Waals surface area contributed by atoms with Crippen LogP contribution in [-0.4, -0.2) is 16.6 Å². The molecule has 2 aromatic rings. The summed E-state index contributed by atoms with van der Waals surface area (Å²) in [5, 5.41) is 6.17. The van der Waals surface area contributed by atoms with Gasteiger partial charge in [0, 0.05) is 11.1 Å². The number of urea groups is 1. The molecular formula is C26H32FN3O2. The molecule has 4 saturated carbocycles. The Morgan fingerprint density at radius 3 is 2.28 bits per heavy atom. The maximum absolute atomic E-state index is 14.0. The molecule has 6 rings (SSSR count). The summed E-state index contributed by atoms with van der Waals surface area (Å²) in [4.78, 5) is 17.0. The number of hydrogen-bond donors (Lipinski definition) is 2. The SMILES string of the molecule is CC(C)(C)c1ccccc1Oc1nc([18F])ccc1NC(=O)NC12CC3CC(CC(C3)C1)C2.